The molecule has 0 bridgehead atoms. The maximum absolute atomic E-state index is 11.9. The van der Waals surface area contributed by atoms with E-state index in [1.165, 1.54) is 0 Å². The molecule has 0 aromatic heterocycles. The first-order valence-electron chi connectivity index (χ1n) is 6.15. The molecular weight excluding hydrogens is 212 g/mol. The van der Waals surface area contributed by atoms with Crippen LogP contribution in [0.2, 0.25) is 0 Å². The molecule has 1 aromatic rings. The van der Waals surface area contributed by atoms with E-state index in [4.69, 9.17) is 4.74 Å². The molecule has 0 unspecified atom stereocenters. The van der Waals surface area contributed by atoms with Crippen molar-refractivity contribution in [1.82, 2.24) is 0 Å². The molecule has 2 heteroatoms. The Labute approximate surface area is 101 Å². The maximum atomic E-state index is 11.9. The van der Waals surface area contributed by atoms with Gasteiger partial charge in [-0.2, -0.15) is 0 Å². The molecule has 17 heavy (non-hydrogen) atoms. The highest BCUT2D eigenvalue weighted by molar-refractivity contribution is 5.77. The number of carbonyl (C=O) groups excluding carboxylic acids is 1. The standard InChI is InChI=1S/C15H16O2/c1-15(11-7-3-2-4-8-11)13-10-6-5-9-12(13)14(16)17-15/h2-8,12-13H,9-10H2,1H3/t12-,13-,15-/m1/s1. The molecule has 1 fully saturated rings. The van der Waals surface area contributed by atoms with Crippen molar-refractivity contribution in [3.05, 3.63) is 48.0 Å². The van der Waals surface area contributed by atoms with Gasteiger partial charge >= 0.3 is 5.97 Å². The van der Waals surface area contributed by atoms with E-state index in [0.717, 1.165) is 18.4 Å². The minimum Gasteiger partial charge on any atom is -0.454 e. The fourth-order valence-electron chi connectivity index (χ4n) is 3.09. The molecule has 1 heterocycles. The second kappa shape index (κ2) is 3.73. The Hall–Kier alpha value is -1.57. The van der Waals surface area contributed by atoms with Gasteiger partial charge in [0.2, 0.25) is 0 Å². The fraction of sp³-hybridized carbons (Fsp3) is 0.400. The smallest absolute Gasteiger partial charge is 0.310 e. The highest BCUT2D eigenvalue weighted by atomic mass is 16.6. The van der Waals surface area contributed by atoms with E-state index in [1.807, 2.05) is 37.3 Å². The van der Waals surface area contributed by atoms with Gasteiger partial charge in [0, 0.05) is 5.92 Å². The van der Waals surface area contributed by atoms with E-state index in [9.17, 15) is 4.79 Å². The SMILES string of the molecule is C[C@]1(c2ccccc2)OC(=O)[C@@H]2CC=CC[C@H]21. The minimum absolute atomic E-state index is 0.0364. The van der Waals surface area contributed by atoms with E-state index in [1.54, 1.807) is 0 Å². The van der Waals surface area contributed by atoms with Gasteiger partial charge in [0.15, 0.2) is 0 Å². The number of hydrogen-bond donors (Lipinski definition) is 0. The largest absolute Gasteiger partial charge is 0.454 e. The average molecular weight is 228 g/mol. The van der Waals surface area contributed by atoms with Crippen LogP contribution in [0.5, 0.6) is 0 Å². The summed E-state index contributed by atoms with van der Waals surface area (Å²) in [4.78, 5) is 11.9. The maximum Gasteiger partial charge on any atom is 0.310 e. The Bertz CT molecular complexity index is 463. The van der Waals surface area contributed by atoms with Crippen molar-refractivity contribution in [3.63, 3.8) is 0 Å². The van der Waals surface area contributed by atoms with Gasteiger partial charge in [-0.1, -0.05) is 42.5 Å². The van der Waals surface area contributed by atoms with Crippen LogP contribution in [-0.4, -0.2) is 5.97 Å². The Morgan fingerprint density at radius 2 is 1.88 bits per heavy atom. The number of hydrogen-bond acceptors (Lipinski definition) is 2. The van der Waals surface area contributed by atoms with Crippen LogP contribution < -0.4 is 0 Å². The lowest BCUT2D eigenvalue weighted by Gasteiger charge is -2.32. The second-order valence-electron chi connectivity index (χ2n) is 5.05. The Morgan fingerprint density at radius 1 is 1.18 bits per heavy atom. The number of rotatable bonds is 1. The summed E-state index contributed by atoms with van der Waals surface area (Å²) in [6.07, 6.45) is 6.03. The lowest BCUT2D eigenvalue weighted by Crippen LogP contribution is -2.31. The van der Waals surface area contributed by atoms with Crippen molar-refractivity contribution >= 4 is 5.97 Å². The number of cyclic esters (lactones) is 1. The number of fused-ring (bicyclic) bond motifs is 1. The first-order valence-corrected chi connectivity index (χ1v) is 6.15. The van der Waals surface area contributed by atoms with Gasteiger partial charge in [-0.15, -0.1) is 0 Å². The van der Waals surface area contributed by atoms with Crippen LogP contribution in [0.4, 0.5) is 0 Å². The van der Waals surface area contributed by atoms with Crippen molar-refractivity contribution in [2.75, 3.05) is 0 Å². The summed E-state index contributed by atoms with van der Waals surface area (Å²) < 4.78 is 5.70. The predicted molar refractivity (Wildman–Crippen MR) is 65.2 cm³/mol. The van der Waals surface area contributed by atoms with Crippen molar-refractivity contribution in [2.24, 2.45) is 11.8 Å². The van der Waals surface area contributed by atoms with Crippen molar-refractivity contribution < 1.29 is 9.53 Å². The fourth-order valence-corrected chi connectivity index (χ4v) is 3.09. The molecule has 1 aliphatic heterocycles. The average Bonchev–Trinajstić information content (AvgIpc) is 2.65. The third kappa shape index (κ3) is 1.51. The minimum atomic E-state index is -0.451. The van der Waals surface area contributed by atoms with Gasteiger partial charge in [-0.05, 0) is 25.3 Å². The van der Waals surface area contributed by atoms with Crippen LogP contribution in [-0.2, 0) is 15.1 Å². The summed E-state index contributed by atoms with van der Waals surface area (Å²) in [5, 5.41) is 0. The molecule has 88 valence electrons. The van der Waals surface area contributed by atoms with E-state index < -0.39 is 5.60 Å². The first-order chi connectivity index (χ1) is 8.22. The number of esters is 1. The van der Waals surface area contributed by atoms with E-state index in [2.05, 4.69) is 12.2 Å². The van der Waals surface area contributed by atoms with Gasteiger partial charge in [0.1, 0.15) is 5.60 Å². The van der Waals surface area contributed by atoms with E-state index >= 15 is 0 Å². The molecule has 0 N–H and O–H groups in total. The third-order valence-corrected chi connectivity index (χ3v) is 4.10. The summed E-state index contributed by atoms with van der Waals surface area (Å²) in [5.41, 5.74) is 0.657. The molecule has 3 atom stereocenters. The quantitative estimate of drug-likeness (QED) is 0.545. The van der Waals surface area contributed by atoms with Crippen molar-refractivity contribution in [3.8, 4) is 0 Å². The molecule has 0 saturated carbocycles. The zero-order valence-electron chi connectivity index (χ0n) is 9.93. The molecule has 0 spiro atoms. The van der Waals surface area contributed by atoms with E-state index in [-0.39, 0.29) is 17.8 Å². The molecule has 0 radical (unpaired) electrons. The second-order valence-corrected chi connectivity index (χ2v) is 5.05. The molecular formula is C15H16O2. The summed E-state index contributed by atoms with van der Waals surface area (Å²) in [6, 6.07) is 10.1. The third-order valence-electron chi connectivity index (χ3n) is 4.10. The Balaban J connectivity index is 2.03. The van der Waals surface area contributed by atoms with Gasteiger partial charge < -0.3 is 4.74 Å². The van der Waals surface area contributed by atoms with Gasteiger partial charge in [-0.3, -0.25) is 4.79 Å². The predicted octanol–water partition coefficient (Wildman–Crippen LogP) is 3.04. The lowest BCUT2D eigenvalue weighted by atomic mass is 9.73. The highest BCUT2D eigenvalue weighted by Gasteiger charge is 2.53. The van der Waals surface area contributed by atoms with E-state index in [0.29, 0.717) is 0 Å². The van der Waals surface area contributed by atoms with Gasteiger partial charge in [-0.25, -0.2) is 0 Å². The number of benzene rings is 1. The molecule has 1 aromatic carbocycles. The topological polar surface area (TPSA) is 26.3 Å². The number of carbonyl (C=O) groups is 1. The van der Waals surface area contributed by atoms with Gasteiger partial charge in [0.25, 0.3) is 0 Å². The zero-order chi connectivity index (χ0) is 11.9. The van der Waals surface area contributed by atoms with Gasteiger partial charge in [0.05, 0.1) is 5.92 Å². The Morgan fingerprint density at radius 3 is 2.65 bits per heavy atom. The summed E-state index contributed by atoms with van der Waals surface area (Å²) in [6.45, 7) is 2.05. The first kappa shape index (κ1) is 10.6. The van der Waals surface area contributed by atoms with Crippen molar-refractivity contribution in [2.45, 2.75) is 25.4 Å². The Kier molecular flexibility index (Phi) is 2.32. The summed E-state index contributed by atoms with van der Waals surface area (Å²) in [7, 11) is 0. The van der Waals surface area contributed by atoms with Crippen LogP contribution in [0.25, 0.3) is 0 Å². The summed E-state index contributed by atoms with van der Waals surface area (Å²) in [5.74, 6) is 0.290. The lowest BCUT2D eigenvalue weighted by molar-refractivity contribution is -0.150. The van der Waals surface area contributed by atoms with Crippen LogP contribution in [0.1, 0.15) is 25.3 Å². The molecule has 0 amide bonds. The normalized spacial score (nSPS) is 35.5. The summed E-state index contributed by atoms with van der Waals surface area (Å²) >= 11 is 0. The van der Waals surface area contributed by atoms with Crippen LogP contribution in [0.3, 0.4) is 0 Å². The highest BCUT2D eigenvalue weighted by Crippen LogP contribution is 2.49. The van der Waals surface area contributed by atoms with Crippen LogP contribution in [0.15, 0.2) is 42.5 Å². The number of allylic oxidation sites excluding steroid dienone is 2. The number of ether oxygens (including phenoxy) is 1. The molecule has 1 saturated heterocycles. The molecule has 2 aliphatic rings. The molecule has 1 aliphatic carbocycles. The zero-order valence-corrected chi connectivity index (χ0v) is 9.93. The monoisotopic (exact) mass is 228 g/mol. The molecule has 3 rings (SSSR count). The van der Waals surface area contributed by atoms with Crippen molar-refractivity contribution in [1.29, 1.82) is 0 Å². The molecule has 2 nitrogen and oxygen atoms in total. The van der Waals surface area contributed by atoms with Crippen LogP contribution >= 0.6 is 0 Å². The van der Waals surface area contributed by atoms with Crippen LogP contribution in [0, 0.1) is 11.8 Å².